The minimum Gasteiger partial charge on any atom is -0.480 e. The number of rotatable bonds is 5. The molecule has 0 saturated carbocycles. The predicted octanol–water partition coefficient (Wildman–Crippen LogP) is -0.569. The molecule has 0 amide bonds. The Morgan fingerprint density at radius 2 is 2.30 bits per heavy atom. The monoisotopic (exact) mass is 147 g/mol. The summed E-state index contributed by atoms with van der Waals surface area (Å²) in [6, 6.07) is -0.0869. The van der Waals surface area contributed by atoms with Gasteiger partial charge in [0.15, 0.2) is 0 Å². The fraction of sp³-hybridized carbons (Fsp3) is 0.833. The largest absolute Gasteiger partial charge is 0.480 e. The van der Waals surface area contributed by atoms with Gasteiger partial charge in [-0.1, -0.05) is 6.92 Å². The van der Waals surface area contributed by atoms with Gasteiger partial charge in [0.05, 0.1) is 13.2 Å². The minimum absolute atomic E-state index is 0.0101. The molecule has 0 saturated heterocycles. The zero-order valence-corrected chi connectivity index (χ0v) is 6.00. The van der Waals surface area contributed by atoms with Crippen molar-refractivity contribution in [3.05, 3.63) is 0 Å². The third kappa shape index (κ3) is 4.29. The summed E-state index contributed by atoms with van der Waals surface area (Å²) in [6.07, 6.45) is 0.740. The van der Waals surface area contributed by atoms with Crippen LogP contribution in [0.1, 0.15) is 13.3 Å². The molecule has 60 valence electrons. The normalized spacial score (nSPS) is 13.0. The molecule has 0 heterocycles. The van der Waals surface area contributed by atoms with Crippen LogP contribution < -0.4 is 5.32 Å². The topological polar surface area (TPSA) is 69.6 Å². The standard InChI is InChI=1S/C6H13NO3/c1-2-5(4-8)7-3-6(9)10/h5,7-8H,2-4H2,1H3,(H,9,10). The van der Waals surface area contributed by atoms with Crippen molar-refractivity contribution < 1.29 is 15.0 Å². The van der Waals surface area contributed by atoms with Crippen molar-refractivity contribution in [1.29, 1.82) is 0 Å². The second kappa shape index (κ2) is 5.20. The maximum atomic E-state index is 9.99. The van der Waals surface area contributed by atoms with Crippen LogP contribution in [0.15, 0.2) is 0 Å². The summed E-state index contributed by atoms with van der Waals surface area (Å²) >= 11 is 0. The first-order valence-electron chi connectivity index (χ1n) is 3.26. The Bertz CT molecular complexity index is 101. The van der Waals surface area contributed by atoms with Gasteiger partial charge in [-0.25, -0.2) is 0 Å². The van der Waals surface area contributed by atoms with Crippen molar-refractivity contribution in [2.24, 2.45) is 0 Å². The lowest BCUT2D eigenvalue weighted by Crippen LogP contribution is -2.35. The molecule has 0 aliphatic rings. The second-order valence-electron chi connectivity index (χ2n) is 2.06. The van der Waals surface area contributed by atoms with Crippen molar-refractivity contribution in [3.8, 4) is 0 Å². The number of aliphatic hydroxyl groups is 1. The molecule has 0 aliphatic carbocycles. The van der Waals surface area contributed by atoms with E-state index in [9.17, 15) is 4.79 Å². The lowest BCUT2D eigenvalue weighted by Gasteiger charge is -2.10. The number of aliphatic hydroxyl groups excluding tert-OH is 1. The highest BCUT2D eigenvalue weighted by Crippen LogP contribution is 1.86. The van der Waals surface area contributed by atoms with E-state index in [0.717, 1.165) is 6.42 Å². The molecule has 0 aromatic rings. The average Bonchev–Trinajstić information content (AvgIpc) is 1.90. The Labute approximate surface area is 59.9 Å². The van der Waals surface area contributed by atoms with Gasteiger partial charge >= 0.3 is 5.97 Å². The molecule has 4 nitrogen and oxygen atoms in total. The van der Waals surface area contributed by atoms with Crippen molar-refractivity contribution in [2.45, 2.75) is 19.4 Å². The summed E-state index contributed by atoms with van der Waals surface area (Å²) in [5.41, 5.74) is 0. The number of hydrogen-bond donors (Lipinski definition) is 3. The average molecular weight is 147 g/mol. The van der Waals surface area contributed by atoms with Crippen LogP contribution in [0.5, 0.6) is 0 Å². The maximum absolute atomic E-state index is 9.99. The van der Waals surface area contributed by atoms with Crippen LogP contribution in [-0.2, 0) is 4.79 Å². The third-order valence-corrected chi connectivity index (χ3v) is 1.26. The summed E-state index contributed by atoms with van der Waals surface area (Å²) in [5, 5.41) is 19.5. The predicted molar refractivity (Wildman–Crippen MR) is 36.8 cm³/mol. The van der Waals surface area contributed by atoms with Crippen LogP contribution in [0.2, 0.25) is 0 Å². The summed E-state index contributed by atoms with van der Waals surface area (Å²) in [6.45, 7) is 1.79. The van der Waals surface area contributed by atoms with E-state index < -0.39 is 5.97 Å². The van der Waals surface area contributed by atoms with Gasteiger partial charge < -0.3 is 15.5 Å². The van der Waals surface area contributed by atoms with E-state index in [0.29, 0.717) is 0 Å². The van der Waals surface area contributed by atoms with E-state index in [-0.39, 0.29) is 19.2 Å². The van der Waals surface area contributed by atoms with Gasteiger partial charge in [0.2, 0.25) is 0 Å². The van der Waals surface area contributed by atoms with Gasteiger partial charge in [-0.15, -0.1) is 0 Å². The SMILES string of the molecule is CCC(CO)NCC(=O)O. The number of hydrogen-bond acceptors (Lipinski definition) is 3. The first-order chi connectivity index (χ1) is 4.70. The molecule has 0 aromatic carbocycles. The first-order valence-corrected chi connectivity index (χ1v) is 3.26. The van der Waals surface area contributed by atoms with Crippen LogP contribution in [0.4, 0.5) is 0 Å². The maximum Gasteiger partial charge on any atom is 0.317 e. The Morgan fingerprint density at radius 1 is 1.70 bits per heavy atom. The third-order valence-electron chi connectivity index (χ3n) is 1.26. The van der Waals surface area contributed by atoms with Gasteiger partial charge in [0.1, 0.15) is 0 Å². The molecule has 0 aromatic heterocycles. The molecule has 1 atom stereocenters. The number of carboxylic acid groups (broad SMARTS) is 1. The Balaban J connectivity index is 3.34. The quantitative estimate of drug-likeness (QED) is 0.487. The van der Waals surface area contributed by atoms with Crippen LogP contribution >= 0.6 is 0 Å². The summed E-state index contributed by atoms with van der Waals surface area (Å²) in [5.74, 6) is -0.896. The van der Waals surface area contributed by atoms with Crippen LogP contribution in [0.3, 0.4) is 0 Å². The van der Waals surface area contributed by atoms with Crippen LogP contribution in [0.25, 0.3) is 0 Å². The van der Waals surface area contributed by atoms with E-state index in [1.807, 2.05) is 6.92 Å². The van der Waals surface area contributed by atoms with Gasteiger partial charge in [0, 0.05) is 6.04 Å². The molecule has 1 unspecified atom stereocenters. The molecule has 0 aliphatic heterocycles. The van der Waals surface area contributed by atoms with E-state index in [1.165, 1.54) is 0 Å². The zero-order valence-electron chi connectivity index (χ0n) is 6.00. The fourth-order valence-corrected chi connectivity index (χ4v) is 0.570. The van der Waals surface area contributed by atoms with Gasteiger partial charge in [-0.3, -0.25) is 4.79 Å². The molecule has 0 bridgehead atoms. The second-order valence-corrected chi connectivity index (χ2v) is 2.06. The Kier molecular flexibility index (Phi) is 4.88. The Hall–Kier alpha value is -0.610. The van der Waals surface area contributed by atoms with Crippen LogP contribution in [-0.4, -0.2) is 35.4 Å². The van der Waals surface area contributed by atoms with Crippen molar-refractivity contribution >= 4 is 5.97 Å². The molecule has 0 spiro atoms. The molecular weight excluding hydrogens is 134 g/mol. The summed E-state index contributed by atoms with van der Waals surface area (Å²) in [7, 11) is 0. The molecule has 0 rings (SSSR count). The highest BCUT2D eigenvalue weighted by atomic mass is 16.4. The lowest BCUT2D eigenvalue weighted by atomic mass is 10.2. The van der Waals surface area contributed by atoms with Gasteiger partial charge in [0.25, 0.3) is 0 Å². The fourth-order valence-electron chi connectivity index (χ4n) is 0.570. The number of aliphatic carboxylic acids is 1. The van der Waals surface area contributed by atoms with E-state index in [1.54, 1.807) is 0 Å². The molecular formula is C6H13NO3. The molecule has 0 radical (unpaired) electrons. The van der Waals surface area contributed by atoms with Gasteiger partial charge in [-0.05, 0) is 6.42 Å². The van der Waals surface area contributed by atoms with Gasteiger partial charge in [-0.2, -0.15) is 0 Å². The van der Waals surface area contributed by atoms with Crippen molar-refractivity contribution in [1.82, 2.24) is 5.32 Å². The minimum atomic E-state index is -0.896. The highest BCUT2D eigenvalue weighted by Gasteiger charge is 2.04. The smallest absolute Gasteiger partial charge is 0.317 e. The molecule has 4 heteroatoms. The highest BCUT2D eigenvalue weighted by molar-refractivity contribution is 5.69. The molecule has 10 heavy (non-hydrogen) atoms. The lowest BCUT2D eigenvalue weighted by molar-refractivity contribution is -0.136. The first kappa shape index (κ1) is 9.39. The molecule has 0 fully saturated rings. The van der Waals surface area contributed by atoms with Crippen LogP contribution in [0, 0.1) is 0 Å². The number of carboxylic acids is 1. The van der Waals surface area contributed by atoms with E-state index in [4.69, 9.17) is 10.2 Å². The zero-order chi connectivity index (χ0) is 7.98. The summed E-state index contributed by atoms with van der Waals surface area (Å²) in [4.78, 5) is 9.99. The van der Waals surface area contributed by atoms with Crippen molar-refractivity contribution in [2.75, 3.05) is 13.2 Å². The Morgan fingerprint density at radius 3 is 2.60 bits per heavy atom. The number of nitrogens with one attached hydrogen (secondary N) is 1. The molecule has 3 N–H and O–H groups in total. The van der Waals surface area contributed by atoms with Crippen molar-refractivity contribution in [3.63, 3.8) is 0 Å². The summed E-state index contributed by atoms with van der Waals surface area (Å²) < 4.78 is 0. The van der Waals surface area contributed by atoms with E-state index in [2.05, 4.69) is 5.32 Å². The van der Waals surface area contributed by atoms with E-state index >= 15 is 0 Å². The number of carbonyl (C=O) groups is 1.